The summed E-state index contributed by atoms with van der Waals surface area (Å²) < 4.78 is 36.9. The summed E-state index contributed by atoms with van der Waals surface area (Å²) in [6.45, 7) is 1.45. The normalized spacial score (nSPS) is 19.2. The number of halogens is 3. The molecule has 1 heterocycles. The molecule has 0 saturated carbocycles. The molecule has 2 rings (SSSR count). The van der Waals surface area contributed by atoms with E-state index in [2.05, 4.69) is 4.90 Å². The average Bonchev–Trinajstić information content (AvgIpc) is 2.52. The first-order valence-corrected chi connectivity index (χ1v) is 8.55. The van der Waals surface area contributed by atoms with Crippen molar-refractivity contribution in [2.24, 2.45) is 0 Å². The van der Waals surface area contributed by atoms with Gasteiger partial charge in [-0.3, -0.25) is 4.79 Å². The van der Waals surface area contributed by atoms with Crippen LogP contribution in [0.15, 0.2) is 35.2 Å². The maximum Gasteiger partial charge on any atom is 0.446 e. The van der Waals surface area contributed by atoms with Crippen LogP contribution in [0.2, 0.25) is 0 Å². The second-order valence-corrected chi connectivity index (χ2v) is 7.13. The summed E-state index contributed by atoms with van der Waals surface area (Å²) in [5, 5.41) is 0. The molecule has 0 bridgehead atoms. The van der Waals surface area contributed by atoms with Gasteiger partial charge in [0.25, 0.3) is 0 Å². The van der Waals surface area contributed by atoms with Crippen LogP contribution in [0.5, 0.6) is 0 Å². The zero-order chi connectivity index (χ0) is 17.7. The number of hydrogen-bond acceptors (Lipinski definition) is 3. The molecular weight excluding hydrogens is 337 g/mol. The monoisotopic (exact) mass is 358 g/mol. The van der Waals surface area contributed by atoms with E-state index in [0.29, 0.717) is 18.2 Å². The van der Waals surface area contributed by atoms with Crippen molar-refractivity contribution in [2.75, 3.05) is 27.2 Å². The maximum absolute atomic E-state index is 12.3. The molecule has 1 aliphatic heterocycles. The molecule has 3 nitrogen and oxygen atoms in total. The fraction of sp³-hybridized carbons (Fsp3) is 0.471. The minimum Gasteiger partial charge on any atom is -0.338 e. The molecule has 1 fully saturated rings. The lowest BCUT2D eigenvalue weighted by atomic mass is 10.0. The fourth-order valence-electron chi connectivity index (χ4n) is 2.63. The van der Waals surface area contributed by atoms with Crippen molar-refractivity contribution >= 4 is 23.7 Å². The molecule has 132 valence electrons. The van der Waals surface area contributed by atoms with Crippen LogP contribution in [0, 0.1) is 0 Å². The van der Waals surface area contributed by atoms with Gasteiger partial charge < -0.3 is 9.80 Å². The van der Waals surface area contributed by atoms with Gasteiger partial charge in [-0.2, -0.15) is 13.2 Å². The van der Waals surface area contributed by atoms with Crippen molar-refractivity contribution in [3.05, 3.63) is 35.9 Å². The van der Waals surface area contributed by atoms with Gasteiger partial charge in [-0.05, 0) is 62.5 Å². The molecule has 7 heteroatoms. The van der Waals surface area contributed by atoms with Crippen molar-refractivity contribution in [1.82, 2.24) is 9.80 Å². The topological polar surface area (TPSA) is 23.6 Å². The van der Waals surface area contributed by atoms with E-state index in [4.69, 9.17) is 0 Å². The number of carbonyl (C=O) groups is 1. The van der Waals surface area contributed by atoms with E-state index in [0.717, 1.165) is 19.4 Å². The third kappa shape index (κ3) is 5.87. The number of thioether (sulfide) groups is 1. The number of hydrogen-bond donors (Lipinski definition) is 0. The average molecular weight is 358 g/mol. The van der Waals surface area contributed by atoms with E-state index in [9.17, 15) is 18.0 Å². The van der Waals surface area contributed by atoms with Crippen molar-refractivity contribution < 1.29 is 18.0 Å². The Balaban J connectivity index is 1.93. The summed E-state index contributed by atoms with van der Waals surface area (Å²) in [4.78, 5) is 16.3. The summed E-state index contributed by atoms with van der Waals surface area (Å²) in [7, 11) is 4.02. The van der Waals surface area contributed by atoms with E-state index >= 15 is 0 Å². The summed E-state index contributed by atoms with van der Waals surface area (Å²) in [6, 6.07) is 6.35. The Kier molecular flexibility index (Phi) is 6.34. The summed E-state index contributed by atoms with van der Waals surface area (Å²) in [6.07, 6.45) is 5.19. The van der Waals surface area contributed by atoms with Crippen molar-refractivity contribution in [3.8, 4) is 0 Å². The highest BCUT2D eigenvalue weighted by Crippen LogP contribution is 2.36. The predicted molar refractivity (Wildman–Crippen MR) is 90.7 cm³/mol. The molecule has 1 aromatic rings. The van der Waals surface area contributed by atoms with E-state index in [1.807, 2.05) is 19.0 Å². The standard InChI is InChI=1S/C17H21F3N2OS/c1-21(2)14-4-3-11-22(12-14)16(23)10-7-13-5-8-15(9-6-13)24-17(18,19)20/h5-10,14H,3-4,11-12H2,1-2H3/b10-7+. The number of likely N-dealkylation sites (tertiary alicyclic amines) is 1. The molecule has 1 saturated heterocycles. The summed E-state index contributed by atoms with van der Waals surface area (Å²) in [5.74, 6) is -0.0599. The smallest absolute Gasteiger partial charge is 0.338 e. The molecule has 0 aromatic heterocycles. The molecule has 0 aliphatic carbocycles. The first kappa shape index (κ1) is 18.9. The number of likely N-dealkylation sites (N-methyl/N-ethyl adjacent to an activating group) is 1. The third-order valence-corrected chi connectivity index (χ3v) is 4.71. The minimum atomic E-state index is -4.29. The summed E-state index contributed by atoms with van der Waals surface area (Å²) >= 11 is -0.144. The van der Waals surface area contributed by atoms with E-state index in [1.165, 1.54) is 18.2 Å². The SMILES string of the molecule is CN(C)C1CCCN(C(=O)/C=C/c2ccc(SC(F)(F)F)cc2)C1. The Bertz CT molecular complexity index is 584. The second-order valence-electron chi connectivity index (χ2n) is 5.99. The van der Waals surface area contributed by atoms with Crippen molar-refractivity contribution in [1.29, 1.82) is 0 Å². The highest BCUT2D eigenvalue weighted by atomic mass is 32.2. The number of rotatable bonds is 4. The Morgan fingerprint density at radius 2 is 1.96 bits per heavy atom. The van der Waals surface area contributed by atoms with Gasteiger partial charge in [-0.1, -0.05) is 12.1 Å². The number of nitrogens with zero attached hydrogens (tertiary/aromatic N) is 2. The molecule has 0 spiro atoms. The highest BCUT2D eigenvalue weighted by molar-refractivity contribution is 8.00. The van der Waals surface area contributed by atoms with Crippen LogP contribution in [-0.2, 0) is 4.79 Å². The molecule has 1 unspecified atom stereocenters. The molecule has 0 N–H and O–H groups in total. The van der Waals surface area contributed by atoms with Gasteiger partial charge in [0.2, 0.25) is 5.91 Å². The van der Waals surface area contributed by atoms with Gasteiger partial charge >= 0.3 is 5.51 Å². The van der Waals surface area contributed by atoms with E-state index < -0.39 is 5.51 Å². The van der Waals surface area contributed by atoms with Gasteiger partial charge in [0.15, 0.2) is 0 Å². The van der Waals surface area contributed by atoms with Gasteiger partial charge in [0, 0.05) is 30.1 Å². The largest absolute Gasteiger partial charge is 0.446 e. The van der Waals surface area contributed by atoms with E-state index in [-0.39, 0.29) is 22.6 Å². The molecular formula is C17H21F3N2OS. The lowest BCUT2D eigenvalue weighted by Crippen LogP contribution is -2.47. The minimum absolute atomic E-state index is 0.0599. The maximum atomic E-state index is 12.3. The quantitative estimate of drug-likeness (QED) is 0.603. The zero-order valence-corrected chi connectivity index (χ0v) is 14.5. The van der Waals surface area contributed by atoms with Crippen molar-refractivity contribution in [3.63, 3.8) is 0 Å². The van der Waals surface area contributed by atoms with Crippen LogP contribution in [0.4, 0.5) is 13.2 Å². The van der Waals surface area contributed by atoms with E-state index in [1.54, 1.807) is 18.2 Å². The number of piperidine rings is 1. The van der Waals surface area contributed by atoms with Crippen LogP contribution >= 0.6 is 11.8 Å². The Labute approximate surface area is 144 Å². The predicted octanol–water partition coefficient (Wildman–Crippen LogP) is 3.86. The van der Waals surface area contributed by atoms with Gasteiger partial charge in [0.05, 0.1) is 0 Å². The van der Waals surface area contributed by atoms with Crippen LogP contribution in [0.25, 0.3) is 6.08 Å². The lowest BCUT2D eigenvalue weighted by Gasteiger charge is -2.35. The zero-order valence-electron chi connectivity index (χ0n) is 13.7. The van der Waals surface area contributed by atoms with Gasteiger partial charge in [-0.15, -0.1) is 0 Å². The Morgan fingerprint density at radius 1 is 1.29 bits per heavy atom. The van der Waals surface area contributed by atoms with Crippen LogP contribution in [0.3, 0.4) is 0 Å². The van der Waals surface area contributed by atoms with Gasteiger partial charge in [-0.25, -0.2) is 0 Å². The van der Waals surface area contributed by atoms with Crippen LogP contribution in [-0.4, -0.2) is 54.4 Å². The molecule has 1 aliphatic rings. The first-order valence-electron chi connectivity index (χ1n) is 7.74. The van der Waals surface area contributed by atoms with Crippen LogP contribution in [0.1, 0.15) is 18.4 Å². The number of alkyl halides is 3. The molecule has 1 amide bonds. The molecule has 0 radical (unpaired) electrons. The Morgan fingerprint density at radius 3 is 2.54 bits per heavy atom. The second kappa shape index (κ2) is 8.07. The number of carbonyl (C=O) groups excluding carboxylic acids is 1. The van der Waals surface area contributed by atoms with Gasteiger partial charge in [0.1, 0.15) is 0 Å². The van der Waals surface area contributed by atoms with Crippen LogP contribution < -0.4 is 0 Å². The lowest BCUT2D eigenvalue weighted by molar-refractivity contribution is -0.127. The molecule has 1 atom stereocenters. The fourth-order valence-corrected chi connectivity index (χ4v) is 3.17. The molecule has 1 aromatic carbocycles. The third-order valence-electron chi connectivity index (χ3n) is 3.97. The number of benzene rings is 1. The van der Waals surface area contributed by atoms with Crippen molar-refractivity contribution in [2.45, 2.75) is 29.3 Å². The Hall–Kier alpha value is -1.47. The number of amides is 1. The molecule has 24 heavy (non-hydrogen) atoms. The first-order chi connectivity index (χ1) is 11.2. The highest BCUT2D eigenvalue weighted by Gasteiger charge is 2.29. The summed E-state index contributed by atoms with van der Waals surface area (Å²) in [5.41, 5.74) is -3.58.